The Morgan fingerprint density at radius 2 is 2.38 bits per heavy atom. The first-order valence-corrected chi connectivity index (χ1v) is 6.56. The van der Waals surface area contributed by atoms with E-state index in [0.29, 0.717) is 0 Å². The molecular weight excluding hydrogens is 238 g/mol. The van der Waals surface area contributed by atoms with Gasteiger partial charge in [-0.25, -0.2) is 4.98 Å². The van der Waals surface area contributed by atoms with Crippen molar-refractivity contribution in [1.29, 1.82) is 0 Å². The lowest BCUT2D eigenvalue weighted by atomic mass is 10.3. The van der Waals surface area contributed by atoms with E-state index in [2.05, 4.69) is 28.4 Å². The molecule has 0 amide bonds. The molecule has 0 aliphatic rings. The molecule has 86 valence electrons. The molecule has 0 aliphatic heterocycles. The first-order chi connectivity index (χ1) is 7.61. The molecule has 0 aromatic carbocycles. The number of aromatic amines is 1. The quantitative estimate of drug-likeness (QED) is 0.850. The summed E-state index contributed by atoms with van der Waals surface area (Å²) in [5.41, 5.74) is 1.09. The molecule has 1 N–H and O–H groups in total. The standard InChI is InChI=1S/C11H15N3S2/c1-4-9-5-12-10(16-9)8(3)14-6-7(2)13-11(14)15/h5-6,8H,4H2,1-3H3,(H,13,15). The van der Waals surface area contributed by atoms with Gasteiger partial charge in [0.15, 0.2) is 4.77 Å². The van der Waals surface area contributed by atoms with Crippen LogP contribution in [0.5, 0.6) is 0 Å². The summed E-state index contributed by atoms with van der Waals surface area (Å²) < 4.78 is 2.82. The zero-order valence-corrected chi connectivity index (χ0v) is 11.3. The van der Waals surface area contributed by atoms with Gasteiger partial charge in [0.25, 0.3) is 0 Å². The largest absolute Gasteiger partial charge is 0.335 e. The van der Waals surface area contributed by atoms with Gasteiger partial charge in [-0.1, -0.05) is 6.92 Å². The van der Waals surface area contributed by atoms with Crippen LogP contribution in [0.4, 0.5) is 0 Å². The molecule has 2 aromatic rings. The SMILES string of the molecule is CCc1cnc(C(C)n2cc(C)[nH]c2=S)s1. The molecule has 1 unspecified atom stereocenters. The van der Waals surface area contributed by atoms with Crippen LogP contribution >= 0.6 is 23.6 Å². The number of hydrogen-bond donors (Lipinski definition) is 1. The lowest BCUT2D eigenvalue weighted by Crippen LogP contribution is -2.04. The highest BCUT2D eigenvalue weighted by molar-refractivity contribution is 7.71. The summed E-state index contributed by atoms with van der Waals surface area (Å²) >= 11 is 7.03. The van der Waals surface area contributed by atoms with E-state index in [0.717, 1.165) is 21.9 Å². The van der Waals surface area contributed by atoms with Crippen LogP contribution in [0.15, 0.2) is 12.4 Å². The van der Waals surface area contributed by atoms with E-state index < -0.39 is 0 Å². The Balaban J connectivity index is 2.34. The molecule has 0 saturated heterocycles. The number of H-pyrrole nitrogens is 1. The molecule has 0 saturated carbocycles. The predicted molar refractivity (Wildman–Crippen MR) is 69.7 cm³/mol. The molecule has 2 aromatic heterocycles. The second-order valence-electron chi connectivity index (χ2n) is 3.84. The predicted octanol–water partition coefficient (Wildman–Crippen LogP) is 3.48. The van der Waals surface area contributed by atoms with Gasteiger partial charge in [0, 0.05) is 23.0 Å². The highest BCUT2D eigenvalue weighted by Gasteiger charge is 2.13. The van der Waals surface area contributed by atoms with Crippen LogP contribution in [-0.2, 0) is 6.42 Å². The van der Waals surface area contributed by atoms with Crippen LogP contribution in [-0.4, -0.2) is 14.5 Å². The van der Waals surface area contributed by atoms with Crippen LogP contribution in [0.2, 0.25) is 0 Å². The Morgan fingerprint density at radius 3 is 2.88 bits per heavy atom. The highest BCUT2D eigenvalue weighted by Crippen LogP contribution is 2.24. The van der Waals surface area contributed by atoms with Gasteiger partial charge in [-0.15, -0.1) is 11.3 Å². The van der Waals surface area contributed by atoms with Gasteiger partial charge >= 0.3 is 0 Å². The maximum absolute atomic E-state index is 5.27. The van der Waals surface area contributed by atoms with Gasteiger partial charge in [0.2, 0.25) is 0 Å². The molecule has 0 bridgehead atoms. The summed E-state index contributed by atoms with van der Waals surface area (Å²) in [6.07, 6.45) is 5.04. The smallest absolute Gasteiger partial charge is 0.177 e. The Bertz CT molecular complexity index is 535. The number of aromatic nitrogens is 3. The van der Waals surface area contributed by atoms with E-state index in [1.54, 1.807) is 11.3 Å². The van der Waals surface area contributed by atoms with Crippen molar-refractivity contribution < 1.29 is 0 Å². The van der Waals surface area contributed by atoms with Gasteiger partial charge in [0.1, 0.15) is 5.01 Å². The van der Waals surface area contributed by atoms with E-state index in [4.69, 9.17) is 12.2 Å². The summed E-state index contributed by atoms with van der Waals surface area (Å²) in [4.78, 5) is 8.90. The van der Waals surface area contributed by atoms with Crippen molar-refractivity contribution in [2.24, 2.45) is 0 Å². The third kappa shape index (κ3) is 2.10. The zero-order chi connectivity index (χ0) is 11.7. The van der Waals surface area contributed by atoms with Crippen LogP contribution < -0.4 is 0 Å². The molecule has 0 radical (unpaired) electrons. The van der Waals surface area contributed by atoms with Crippen molar-refractivity contribution in [2.45, 2.75) is 33.2 Å². The highest BCUT2D eigenvalue weighted by atomic mass is 32.1. The van der Waals surface area contributed by atoms with Crippen LogP contribution in [0.3, 0.4) is 0 Å². The summed E-state index contributed by atoms with van der Waals surface area (Å²) in [6.45, 7) is 6.29. The molecule has 3 nitrogen and oxygen atoms in total. The number of imidazole rings is 1. The second-order valence-corrected chi connectivity index (χ2v) is 5.38. The average molecular weight is 253 g/mol. The normalized spacial score (nSPS) is 12.9. The lowest BCUT2D eigenvalue weighted by Gasteiger charge is -2.09. The first kappa shape index (κ1) is 11.5. The topological polar surface area (TPSA) is 33.6 Å². The minimum atomic E-state index is 0.211. The first-order valence-electron chi connectivity index (χ1n) is 5.34. The van der Waals surface area contributed by atoms with Gasteiger partial charge in [-0.2, -0.15) is 0 Å². The Kier molecular flexibility index (Phi) is 3.25. The fourth-order valence-electron chi connectivity index (χ4n) is 1.62. The molecule has 2 rings (SSSR count). The Labute approximate surface area is 104 Å². The van der Waals surface area contributed by atoms with Crippen LogP contribution in [0.25, 0.3) is 0 Å². The fraction of sp³-hybridized carbons (Fsp3) is 0.455. The molecule has 0 fully saturated rings. The number of thiazole rings is 1. The van der Waals surface area contributed by atoms with Crippen molar-refractivity contribution >= 4 is 23.6 Å². The van der Waals surface area contributed by atoms with Gasteiger partial charge in [-0.05, 0) is 32.5 Å². The monoisotopic (exact) mass is 253 g/mol. The molecule has 0 aliphatic carbocycles. The van der Waals surface area contributed by atoms with Gasteiger partial charge in [0.05, 0.1) is 6.04 Å². The van der Waals surface area contributed by atoms with Crippen LogP contribution in [0, 0.1) is 11.7 Å². The molecule has 2 heterocycles. The van der Waals surface area contributed by atoms with Crippen molar-refractivity contribution in [2.75, 3.05) is 0 Å². The summed E-state index contributed by atoms with van der Waals surface area (Å²) in [5.74, 6) is 0. The van der Waals surface area contributed by atoms with Crippen molar-refractivity contribution in [3.8, 4) is 0 Å². The van der Waals surface area contributed by atoms with E-state index in [-0.39, 0.29) is 6.04 Å². The summed E-state index contributed by atoms with van der Waals surface area (Å²) in [6, 6.07) is 0.211. The number of nitrogens with one attached hydrogen (secondary N) is 1. The fourth-order valence-corrected chi connectivity index (χ4v) is 2.90. The van der Waals surface area contributed by atoms with Gasteiger partial charge < -0.3 is 9.55 Å². The van der Waals surface area contributed by atoms with Crippen molar-refractivity contribution in [1.82, 2.24) is 14.5 Å². The van der Waals surface area contributed by atoms with E-state index in [1.165, 1.54) is 4.88 Å². The Hall–Kier alpha value is -0.940. The molecular formula is C11H15N3S2. The van der Waals surface area contributed by atoms with Crippen molar-refractivity contribution in [3.05, 3.63) is 32.7 Å². The third-order valence-corrected chi connectivity index (χ3v) is 4.19. The van der Waals surface area contributed by atoms with E-state index >= 15 is 0 Å². The summed E-state index contributed by atoms with van der Waals surface area (Å²) in [5, 5.41) is 1.12. The van der Waals surface area contributed by atoms with E-state index in [9.17, 15) is 0 Å². The minimum absolute atomic E-state index is 0.211. The molecule has 0 spiro atoms. The van der Waals surface area contributed by atoms with Gasteiger partial charge in [-0.3, -0.25) is 0 Å². The number of nitrogens with zero attached hydrogens (tertiary/aromatic N) is 2. The molecule has 16 heavy (non-hydrogen) atoms. The molecule has 5 heteroatoms. The van der Waals surface area contributed by atoms with Crippen molar-refractivity contribution in [3.63, 3.8) is 0 Å². The summed E-state index contributed by atoms with van der Waals surface area (Å²) in [7, 11) is 0. The number of aryl methyl sites for hydroxylation is 2. The zero-order valence-electron chi connectivity index (χ0n) is 9.65. The average Bonchev–Trinajstić information content (AvgIpc) is 2.84. The number of hydrogen-bond acceptors (Lipinski definition) is 3. The van der Waals surface area contributed by atoms with Crippen LogP contribution in [0.1, 0.15) is 35.5 Å². The van der Waals surface area contributed by atoms with E-state index in [1.807, 2.05) is 19.3 Å². The number of rotatable bonds is 3. The molecule has 1 atom stereocenters. The maximum Gasteiger partial charge on any atom is 0.177 e. The second kappa shape index (κ2) is 4.51. The maximum atomic E-state index is 5.27. The minimum Gasteiger partial charge on any atom is -0.335 e. The lowest BCUT2D eigenvalue weighted by molar-refractivity contribution is 0.626. The Morgan fingerprint density at radius 1 is 1.62 bits per heavy atom. The third-order valence-electron chi connectivity index (χ3n) is 2.57.